The highest BCUT2D eigenvalue weighted by molar-refractivity contribution is 7.07. The molecule has 0 spiro atoms. The van der Waals surface area contributed by atoms with Crippen molar-refractivity contribution in [1.82, 2.24) is 4.57 Å². The number of thiazole rings is 1. The standard InChI is InChI=1S/C29H28N2O7S/c1-5-36-28(33)25-17(2)30-29-31(26(25)22-16-37-24(38-22)15-18-9-7-6-8-10-18)27(32)23(39-29)14-19-11-12-20(34-3)21(13-19)35-4/h6-14,16,24,26H,5,15H2,1-4H3. The number of carbonyl (C=O) groups excluding carboxylic acids is 1. The molecule has 0 bridgehead atoms. The molecule has 2 atom stereocenters. The smallest absolute Gasteiger partial charge is 0.338 e. The van der Waals surface area contributed by atoms with Crippen LogP contribution in [0.3, 0.4) is 0 Å². The number of hydrogen-bond acceptors (Lipinski definition) is 9. The van der Waals surface area contributed by atoms with E-state index in [1.807, 2.05) is 36.4 Å². The molecule has 1 aromatic heterocycles. The van der Waals surface area contributed by atoms with E-state index >= 15 is 0 Å². The number of allylic oxidation sites excluding steroid dienone is 2. The number of nitrogens with zero attached hydrogens (tertiary/aromatic N) is 2. The second-order valence-corrected chi connectivity index (χ2v) is 9.82. The molecule has 5 rings (SSSR count). The summed E-state index contributed by atoms with van der Waals surface area (Å²) in [6.07, 6.45) is 3.13. The minimum Gasteiger partial charge on any atom is -0.493 e. The molecule has 0 saturated carbocycles. The molecular formula is C29H28N2O7S. The van der Waals surface area contributed by atoms with Crippen LogP contribution in [0.25, 0.3) is 6.08 Å². The zero-order chi connectivity index (χ0) is 27.5. The summed E-state index contributed by atoms with van der Waals surface area (Å²) in [4.78, 5) is 31.9. The van der Waals surface area contributed by atoms with Crippen molar-refractivity contribution in [3.8, 4) is 11.5 Å². The van der Waals surface area contributed by atoms with Crippen molar-refractivity contribution < 1.29 is 28.5 Å². The SMILES string of the molecule is CCOC(=O)C1=C(C)N=c2sc(=Cc3ccc(OC)c(OC)c3)c(=O)n2C1C1=COC(Cc2ccccc2)O1. The molecule has 202 valence electrons. The highest BCUT2D eigenvalue weighted by Crippen LogP contribution is 2.35. The van der Waals surface area contributed by atoms with Crippen LogP contribution in [-0.2, 0) is 25.4 Å². The van der Waals surface area contributed by atoms with Crippen molar-refractivity contribution in [3.05, 3.63) is 103 Å². The van der Waals surface area contributed by atoms with Crippen LogP contribution in [0.4, 0.5) is 0 Å². The molecular weight excluding hydrogens is 520 g/mol. The third-order valence-electron chi connectivity index (χ3n) is 6.34. The lowest BCUT2D eigenvalue weighted by Crippen LogP contribution is -2.40. The molecule has 10 heteroatoms. The van der Waals surface area contributed by atoms with E-state index in [2.05, 4.69) is 4.99 Å². The van der Waals surface area contributed by atoms with E-state index in [-0.39, 0.29) is 17.7 Å². The van der Waals surface area contributed by atoms with Gasteiger partial charge in [-0.25, -0.2) is 9.79 Å². The van der Waals surface area contributed by atoms with Crippen molar-refractivity contribution in [2.45, 2.75) is 32.6 Å². The average Bonchev–Trinajstić information content (AvgIpc) is 3.52. The first-order valence-corrected chi connectivity index (χ1v) is 13.2. The number of carbonyl (C=O) groups is 1. The van der Waals surface area contributed by atoms with Gasteiger partial charge in [0, 0.05) is 6.42 Å². The largest absolute Gasteiger partial charge is 0.493 e. The van der Waals surface area contributed by atoms with Gasteiger partial charge in [-0.15, -0.1) is 0 Å². The maximum atomic E-state index is 13.8. The molecule has 9 nitrogen and oxygen atoms in total. The van der Waals surface area contributed by atoms with Gasteiger partial charge in [0.05, 0.1) is 36.6 Å². The summed E-state index contributed by atoms with van der Waals surface area (Å²) in [7, 11) is 3.12. The van der Waals surface area contributed by atoms with Crippen LogP contribution in [0.2, 0.25) is 0 Å². The van der Waals surface area contributed by atoms with Gasteiger partial charge in [0.1, 0.15) is 12.3 Å². The first-order chi connectivity index (χ1) is 18.9. The Bertz CT molecular complexity index is 1640. The number of aromatic nitrogens is 1. The highest BCUT2D eigenvalue weighted by Gasteiger charge is 2.39. The van der Waals surface area contributed by atoms with E-state index in [9.17, 15) is 9.59 Å². The van der Waals surface area contributed by atoms with Gasteiger partial charge >= 0.3 is 5.97 Å². The predicted octanol–water partition coefficient (Wildman–Crippen LogP) is 3.22. The molecule has 3 heterocycles. The van der Waals surface area contributed by atoms with E-state index in [0.717, 1.165) is 11.1 Å². The molecule has 0 saturated heterocycles. The Balaban J connectivity index is 1.56. The fourth-order valence-electron chi connectivity index (χ4n) is 4.53. The summed E-state index contributed by atoms with van der Waals surface area (Å²) in [6, 6.07) is 14.3. The highest BCUT2D eigenvalue weighted by atomic mass is 32.1. The van der Waals surface area contributed by atoms with E-state index < -0.39 is 18.3 Å². The van der Waals surface area contributed by atoms with Crippen LogP contribution in [0.5, 0.6) is 11.5 Å². The number of fused-ring (bicyclic) bond motifs is 1. The van der Waals surface area contributed by atoms with Crippen molar-refractivity contribution in [2.24, 2.45) is 4.99 Å². The summed E-state index contributed by atoms with van der Waals surface area (Å²) in [6.45, 7) is 3.63. The zero-order valence-corrected chi connectivity index (χ0v) is 22.8. The van der Waals surface area contributed by atoms with E-state index in [0.29, 0.717) is 38.7 Å². The first-order valence-electron chi connectivity index (χ1n) is 12.4. The molecule has 0 radical (unpaired) electrons. The van der Waals surface area contributed by atoms with Crippen molar-refractivity contribution in [2.75, 3.05) is 20.8 Å². The Morgan fingerprint density at radius 1 is 1.13 bits per heavy atom. The third-order valence-corrected chi connectivity index (χ3v) is 7.32. The number of ether oxygens (including phenoxy) is 5. The summed E-state index contributed by atoms with van der Waals surface area (Å²) in [5, 5.41) is 0. The summed E-state index contributed by atoms with van der Waals surface area (Å²) in [5.74, 6) is 0.908. The van der Waals surface area contributed by atoms with Gasteiger partial charge in [-0.3, -0.25) is 9.36 Å². The molecule has 39 heavy (non-hydrogen) atoms. The molecule has 2 aliphatic rings. The second-order valence-electron chi connectivity index (χ2n) is 8.81. The summed E-state index contributed by atoms with van der Waals surface area (Å²) >= 11 is 1.22. The summed E-state index contributed by atoms with van der Waals surface area (Å²) < 4.78 is 29.9. The Hall–Kier alpha value is -4.31. The van der Waals surface area contributed by atoms with Crippen LogP contribution in [0, 0.1) is 0 Å². The van der Waals surface area contributed by atoms with Crippen LogP contribution in [0.15, 0.2) is 81.6 Å². The van der Waals surface area contributed by atoms with E-state index in [1.165, 1.54) is 22.2 Å². The maximum Gasteiger partial charge on any atom is 0.338 e. The fraction of sp³-hybridized carbons (Fsp3) is 0.276. The molecule has 2 unspecified atom stereocenters. The predicted molar refractivity (Wildman–Crippen MR) is 145 cm³/mol. The number of rotatable bonds is 8. The van der Waals surface area contributed by atoms with Crippen LogP contribution >= 0.6 is 11.3 Å². The van der Waals surface area contributed by atoms with E-state index in [1.54, 1.807) is 46.3 Å². The molecule has 0 N–H and O–H groups in total. The number of esters is 1. The Labute approximate surface area is 228 Å². The monoisotopic (exact) mass is 548 g/mol. The molecule has 2 aromatic carbocycles. The Kier molecular flexibility index (Phi) is 7.56. The van der Waals surface area contributed by atoms with Gasteiger partial charge in [-0.2, -0.15) is 0 Å². The van der Waals surface area contributed by atoms with Gasteiger partial charge in [-0.05, 0) is 43.2 Å². The van der Waals surface area contributed by atoms with Crippen molar-refractivity contribution in [1.29, 1.82) is 0 Å². The van der Waals surface area contributed by atoms with Crippen molar-refractivity contribution in [3.63, 3.8) is 0 Å². The van der Waals surface area contributed by atoms with Gasteiger partial charge in [-0.1, -0.05) is 47.7 Å². The summed E-state index contributed by atoms with van der Waals surface area (Å²) in [5.41, 5.74) is 2.15. The molecule has 2 aliphatic heterocycles. The molecule has 0 amide bonds. The van der Waals surface area contributed by atoms with Gasteiger partial charge < -0.3 is 23.7 Å². The minimum absolute atomic E-state index is 0.180. The lowest BCUT2D eigenvalue weighted by Gasteiger charge is -2.24. The zero-order valence-electron chi connectivity index (χ0n) is 22.0. The van der Waals surface area contributed by atoms with Crippen molar-refractivity contribution >= 4 is 23.4 Å². The first kappa shape index (κ1) is 26.3. The third kappa shape index (κ3) is 5.20. The quantitative estimate of drug-likeness (QED) is 0.399. The Morgan fingerprint density at radius 2 is 1.90 bits per heavy atom. The topological polar surface area (TPSA) is 97.6 Å². The molecule has 0 aliphatic carbocycles. The fourth-order valence-corrected chi connectivity index (χ4v) is 5.58. The van der Waals surface area contributed by atoms with Crippen LogP contribution in [-0.4, -0.2) is 37.7 Å². The van der Waals surface area contributed by atoms with Crippen LogP contribution < -0.4 is 24.4 Å². The van der Waals surface area contributed by atoms with Gasteiger partial charge in [0.2, 0.25) is 6.29 Å². The maximum absolute atomic E-state index is 13.8. The Morgan fingerprint density at radius 3 is 2.62 bits per heavy atom. The van der Waals surface area contributed by atoms with Gasteiger partial charge in [0.25, 0.3) is 5.56 Å². The minimum atomic E-state index is -0.881. The normalized spacial score (nSPS) is 18.5. The average molecular weight is 549 g/mol. The number of methoxy groups -OCH3 is 2. The second kappa shape index (κ2) is 11.2. The molecule has 3 aromatic rings. The molecule has 0 fully saturated rings. The lowest BCUT2D eigenvalue weighted by molar-refractivity contribution is -0.139. The van der Waals surface area contributed by atoms with E-state index in [4.69, 9.17) is 23.7 Å². The lowest BCUT2D eigenvalue weighted by atomic mass is 10.0. The number of benzene rings is 2. The van der Waals surface area contributed by atoms with Crippen LogP contribution in [0.1, 0.15) is 31.0 Å². The number of hydrogen-bond donors (Lipinski definition) is 0. The van der Waals surface area contributed by atoms with Gasteiger partial charge in [0.15, 0.2) is 22.1 Å².